The average Bonchev–Trinajstić information content (AvgIpc) is 2.85. The molecule has 110 valence electrons. The van der Waals surface area contributed by atoms with Gasteiger partial charge in [-0.3, -0.25) is 9.48 Å². The Hall–Kier alpha value is -1.62. The van der Waals surface area contributed by atoms with Crippen molar-refractivity contribution in [2.75, 3.05) is 4.90 Å². The van der Waals surface area contributed by atoms with Crippen molar-refractivity contribution in [3.05, 3.63) is 45.2 Å². The standard InChI is InChI=1S/C16H18BrN3O/c1-9-7-12-8-13(17)5-6-14(12)20(9)16(21)15-10(2)18-19(4)11(15)3/h5-6,8-9H,7H2,1-4H3/t9-/m0/s1. The minimum absolute atomic E-state index is 0.0478. The third-order valence-electron chi connectivity index (χ3n) is 4.20. The molecule has 2 heterocycles. The molecule has 5 heteroatoms. The highest BCUT2D eigenvalue weighted by atomic mass is 79.9. The van der Waals surface area contributed by atoms with Gasteiger partial charge in [0.1, 0.15) is 0 Å². The Morgan fingerprint density at radius 3 is 2.71 bits per heavy atom. The van der Waals surface area contributed by atoms with E-state index in [4.69, 9.17) is 0 Å². The second-order valence-corrected chi connectivity index (χ2v) is 6.59. The topological polar surface area (TPSA) is 38.1 Å². The summed E-state index contributed by atoms with van der Waals surface area (Å²) in [6, 6.07) is 6.27. The van der Waals surface area contributed by atoms with Crippen molar-refractivity contribution in [3.8, 4) is 0 Å². The van der Waals surface area contributed by atoms with Crippen LogP contribution in [0, 0.1) is 13.8 Å². The first-order valence-electron chi connectivity index (χ1n) is 7.02. The van der Waals surface area contributed by atoms with Gasteiger partial charge < -0.3 is 4.90 Å². The summed E-state index contributed by atoms with van der Waals surface area (Å²) in [6.07, 6.45) is 0.888. The van der Waals surface area contributed by atoms with Crippen LogP contribution < -0.4 is 4.90 Å². The number of rotatable bonds is 1. The predicted molar refractivity (Wildman–Crippen MR) is 86.8 cm³/mol. The van der Waals surface area contributed by atoms with E-state index in [2.05, 4.69) is 34.0 Å². The molecule has 0 saturated heterocycles. The van der Waals surface area contributed by atoms with Crippen molar-refractivity contribution in [1.82, 2.24) is 9.78 Å². The Morgan fingerprint density at radius 1 is 1.38 bits per heavy atom. The van der Waals surface area contributed by atoms with Gasteiger partial charge in [-0.25, -0.2) is 0 Å². The summed E-state index contributed by atoms with van der Waals surface area (Å²) in [5.74, 6) is 0.0478. The smallest absolute Gasteiger partial charge is 0.262 e. The van der Waals surface area contributed by atoms with Crippen LogP contribution in [0.4, 0.5) is 5.69 Å². The summed E-state index contributed by atoms with van der Waals surface area (Å²) < 4.78 is 2.82. The molecule has 0 fully saturated rings. The molecule has 0 unspecified atom stereocenters. The zero-order chi connectivity index (χ0) is 15.3. The Morgan fingerprint density at radius 2 is 2.10 bits per heavy atom. The molecule has 0 N–H and O–H groups in total. The molecule has 3 rings (SSSR count). The minimum Gasteiger partial charge on any atom is -0.305 e. The number of aryl methyl sites for hydroxylation is 2. The highest BCUT2D eigenvalue weighted by Gasteiger charge is 2.33. The number of carbonyl (C=O) groups excluding carboxylic acids is 1. The number of amides is 1. The van der Waals surface area contributed by atoms with Crippen molar-refractivity contribution in [2.45, 2.75) is 33.2 Å². The molecule has 1 aliphatic rings. The number of fused-ring (bicyclic) bond motifs is 1. The molecule has 0 bridgehead atoms. The SMILES string of the molecule is Cc1nn(C)c(C)c1C(=O)N1c2ccc(Br)cc2C[C@@H]1C. The van der Waals surface area contributed by atoms with Crippen LogP contribution in [0.25, 0.3) is 0 Å². The largest absolute Gasteiger partial charge is 0.305 e. The lowest BCUT2D eigenvalue weighted by Crippen LogP contribution is -2.36. The second-order valence-electron chi connectivity index (χ2n) is 5.67. The van der Waals surface area contributed by atoms with Gasteiger partial charge in [0, 0.05) is 28.9 Å². The van der Waals surface area contributed by atoms with Gasteiger partial charge in [0.05, 0.1) is 11.3 Å². The maximum atomic E-state index is 13.0. The van der Waals surface area contributed by atoms with E-state index in [1.54, 1.807) is 4.68 Å². The normalized spacial score (nSPS) is 17.2. The van der Waals surface area contributed by atoms with Crippen LogP contribution in [0.1, 0.15) is 34.2 Å². The van der Waals surface area contributed by atoms with Gasteiger partial charge in [-0.05, 0) is 51.0 Å². The summed E-state index contributed by atoms with van der Waals surface area (Å²) in [4.78, 5) is 14.9. The highest BCUT2D eigenvalue weighted by molar-refractivity contribution is 9.10. The summed E-state index contributed by atoms with van der Waals surface area (Å²) in [5, 5.41) is 4.36. The number of benzene rings is 1. The van der Waals surface area contributed by atoms with Crippen LogP contribution in [0.3, 0.4) is 0 Å². The first kappa shape index (κ1) is 14.3. The number of hydrogen-bond acceptors (Lipinski definition) is 2. The maximum Gasteiger partial charge on any atom is 0.262 e. The van der Waals surface area contributed by atoms with E-state index >= 15 is 0 Å². The van der Waals surface area contributed by atoms with Gasteiger partial charge in [0.25, 0.3) is 5.91 Å². The van der Waals surface area contributed by atoms with E-state index in [-0.39, 0.29) is 11.9 Å². The zero-order valence-corrected chi connectivity index (χ0v) is 14.2. The van der Waals surface area contributed by atoms with Crippen molar-refractivity contribution in [2.24, 2.45) is 7.05 Å². The molecule has 0 radical (unpaired) electrons. The third-order valence-corrected chi connectivity index (χ3v) is 4.69. The molecule has 1 aromatic carbocycles. The van der Waals surface area contributed by atoms with Crippen molar-refractivity contribution >= 4 is 27.5 Å². The molecule has 1 atom stereocenters. The first-order chi connectivity index (χ1) is 9.90. The zero-order valence-electron chi connectivity index (χ0n) is 12.6. The molecule has 0 spiro atoms. The molecule has 0 aliphatic carbocycles. The van der Waals surface area contributed by atoms with Crippen molar-refractivity contribution in [1.29, 1.82) is 0 Å². The fourth-order valence-corrected chi connectivity index (χ4v) is 3.52. The molecule has 1 aliphatic heterocycles. The number of anilines is 1. The molecule has 4 nitrogen and oxygen atoms in total. The van der Waals surface area contributed by atoms with E-state index in [1.165, 1.54) is 5.56 Å². The molecule has 0 saturated carbocycles. The lowest BCUT2D eigenvalue weighted by atomic mass is 10.1. The van der Waals surface area contributed by atoms with Crippen LogP contribution in [-0.2, 0) is 13.5 Å². The van der Waals surface area contributed by atoms with Crippen LogP contribution in [0.15, 0.2) is 22.7 Å². The van der Waals surface area contributed by atoms with E-state index in [0.29, 0.717) is 0 Å². The highest BCUT2D eigenvalue weighted by Crippen LogP contribution is 2.35. The number of halogens is 1. The quantitative estimate of drug-likeness (QED) is 0.792. The van der Waals surface area contributed by atoms with Gasteiger partial charge in [-0.2, -0.15) is 5.10 Å². The Bertz CT molecular complexity index is 735. The van der Waals surface area contributed by atoms with E-state index < -0.39 is 0 Å². The van der Waals surface area contributed by atoms with Crippen LogP contribution >= 0.6 is 15.9 Å². The van der Waals surface area contributed by atoms with Gasteiger partial charge in [0.15, 0.2) is 0 Å². The van der Waals surface area contributed by atoms with Crippen LogP contribution in [0.5, 0.6) is 0 Å². The fourth-order valence-electron chi connectivity index (χ4n) is 3.11. The molecule has 2 aromatic rings. The molecule has 1 aromatic heterocycles. The molecular weight excluding hydrogens is 330 g/mol. The van der Waals surface area contributed by atoms with Gasteiger partial charge >= 0.3 is 0 Å². The monoisotopic (exact) mass is 347 g/mol. The predicted octanol–water partition coefficient (Wildman–Crippen LogP) is 3.39. The Kier molecular flexibility index (Phi) is 3.40. The summed E-state index contributed by atoms with van der Waals surface area (Å²) in [5.41, 5.74) is 4.65. The molecular formula is C16H18BrN3O. The third kappa shape index (κ3) is 2.20. The molecule has 1 amide bonds. The number of aromatic nitrogens is 2. The summed E-state index contributed by atoms with van der Waals surface area (Å²) >= 11 is 3.50. The number of hydrogen-bond donors (Lipinski definition) is 0. The van der Waals surface area contributed by atoms with E-state index in [9.17, 15) is 4.79 Å². The number of carbonyl (C=O) groups is 1. The maximum absolute atomic E-state index is 13.0. The number of nitrogens with zero attached hydrogens (tertiary/aromatic N) is 3. The van der Waals surface area contributed by atoms with E-state index in [0.717, 1.165) is 33.5 Å². The van der Waals surface area contributed by atoms with Gasteiger partial charge in [0.2, 0.25) is 0 Å². The second kappa shape index (κ2) is 4.98. The Labute approximate surface area is 132 Å². The fraction of sp³-hybridized carbons (Fsp3) is 0.375. The summed E-state index contributed by atoms with van der Waals surface area (Å²) in [7, 11) is 1.87. The minimum atomic E-state index is 0.0478. The Balaban J connectivity index is 2.07. The lowest BCUT2D eigenvalue weighted by molar-refractivity contribution is 0.0980. The van der Waals surface area contributed by atoms with Gasteiger partial charge in [-0.15, -0.1) is 0 Å². The van der Waals surface area contributed by atoms with Crippen molar-refractivity contribution < 1.29 is 4.79 Å². The van der Waals surface area contributed by atoms with Crippen molar-refractivity contribution in [3.63, 3.8) is 0 Å². The van der Waals surface area contributed by atoms with Crippen LogP contribution in [0.2, 0.25) is 0 Å². The van der Waals surface area contributed by atoms with Crippen LogP contribution in [-0.4, -0.2) is 21.7 Å². The lowest BCUT2D eigenvalue weighted by Gasteiger charge is -2.23. The summed E-state index contributed by atoms with van der Waals surface area (Å²) in [6.45, 7) is 5.92. The molecule has 21 heavy (non-hydrogen) atoms. The van der Waals surface area contributed by atoms with Gasteiger partial charge in [-0.1, -0.05) is 15.9 Å². The van der Waals surface area contributed by atoms with E-state index in [1.807, 2.05) is 37.9 Å². The average molecular weight is 348 g/mol. The first-order valence-corrected chi connectivity index (χ1v) is 7.81.